The van der Waals surface area contributed by atoms with E-state index in [1.54, 1.807) is 12.1 Å². The SMILES string of the molecule is CS(=O)(=O)c1ccccn1.NC(=O)OCc1ccccc1. The third-order valence-corrected chi connectivity index (χ3v) is 3.24. The molecule has 0 saturated carbocycles. The van der Waals surface area contributed by atoms with Gasteiger partial charge in [0.25, 0.3) is 0 Å². The van der Waals surface area contributed by atoms with Crippen LogP contribution in [0.2, 0.25) is 0 Å². The van der Waals surface area contributed by atoms with Gasteiger partial charge in [0.2, 0.25) is 0 Å². The monoisotopic (exact) mass is 308 g/mol. The van der Waals surface area contributed by atoms with Crippen molar-refractivity contribution in [3.8, 4) is 0 Å². The van der Waals surface area contributed by atoms with E-state index in [4.69, 9.17) is 5.73 Å². The number of nitrogens with two attached hydrogens (primary N) is 1. The fourth-order valence-corrected chi connectivity index (χ4v) is 1.87. The molecule has 0 aliphatic carbocycles. The summed E-state index contributed by atoms with van der Waals surface area (Å²) in [6.45, 7) is 0.246. The van der Waals surface area contributed by atoms with Gasteiger partial charge in [-0.25, -0.2) is 18.2 Å². The summed E-state index contributed by atoms with van der Waals surface area (Å²) < 4.78 is 26.1. The fraction of sp³-hybridized carbons (Fsp3) is 0.143. The molecule has 2 rings (SSSR count). The molecular weight excluding hydrogens is 292 g/mol. The Hall–Kier alpha value is -2.41. The van der Waals surface area contributed by atoms with Crippen molar-refractivity contribution in [1.29, 1.82) is 0 Å². The molecule has 0 aliphatic heterocycles. The van der Waals surface area contributed by atoms with Crippen molar-refractivity contribution in [1.82, 2.24) is 4.98 Å². The number of sulfone groups is 1. The number of ether oxygens (including phenoxy) is 1. The first-order valence-corrected chi connectivity index (χ1v) is 7.86. The number of aromatic nitrogens is 1. The molecule has 0 atom stereocenters. The summed E-state index contributed by atoms with van der Waals surface area (Å²) in [5.74, 6) is 0. The van der Waals surface area contributed by atoms with Gasteiger partial charge < -0.3 is 10.5 Å². The highest BCUT2D eigenvalue weighted by atomic mass is 32.2. The first kappa shape index (κ1) is 16.6. The molecule has 0 fully saturated rings. The summed E-state index contributed by atoms with van der Waals surface area (Å²) in [7, 11) is -3.11. The topological polar surface area (TPSA) is 99.4 Å². The van der Waals surface area contributed by atoms with Crippen molar-refractivity contribution < 1.29 is 17.9 Å². The van der Waals surface area contributed by atoms with Crippen LogP contribution in [0.4, 0.5) is 4.79 Å². The lowest BCUT2D eigenvalue weighted by molar-refractivity contribution is 0.150. The largest absolute Gasteiger partial charge is 0.445 e. The molecule has 0 unspecified atom stereocenters. The predicted molar refractivity (Wildman–Crippen MR) is 78.2 cm³/mol. The zero-order valence-corrected chi connectivity index (χ0v) is 12.3. The van der Waals surface area contributed by atoms with E-state index >= 15 is 0 Å². The zero-order valence-electron chi connectivity index (χ0n) is 11.5. The van der Waals surface area contributed by atoms with E-state index in [-0.39, 0.29) is 11.6 Å². The maximum absolute atomic E-state index is 10.8. The molecule has 21 heavy (non-hydrogen) atoms. The van der Waals surface area contributed by atoms with Crippen molar-refractivity contribution in [2.24, 2.45) is 5.73 Å². The van der Waals surface area contributed by atoms with Gasteiger partial charge in [-0.05, 0) is 17.7 Å². The highest BCUT2D eigenvalue weighted by Crippen LogP contribution is 2.01. The lowest BCUT2D eigenvalue weighted by Crippen LogP contribution is -2.12. The van der Waals surface area contributed by atoms with E-state index in [1.807, 2.05) is 30.3 Å². The maximum atomic E-state index is 10.8. The van der Waals surface area contributed by atoms with Gasteiger partial charge in [-0.2, -0.15) is 0 Å². The minimum Gasteiger partial charge on any atom is -0.445 e. The molecule has 112 valence electrons. The number of primary amides is 1. The van der Waals surface area contributed by atoms with Crippen LogP contribution in [0.1, 0.15) is 5.56 Å². The van der Waals surface area contributed by atoms with Crippen LogP contribution in [0.15, 0.2) is 59.8 Å². The van der Waals surface area contributed by atoms with Crippen LogP contribution in [0.25, 0.3) is 0 Å². The zero-order chi connectivity index (χ0) is 15.7. The average Bonchev–Trinajstić information content (AvgIpc) is 2.47. The Morgan fingerprint density at radius 3 is 2.19 bits per heavy atom. The average molecular weight is 308 g/mol. The summed E-state index contributed by atoms with van der Waals surface area (Å²) in [6.07, 6.45) is 1.85. The number of benzene rings is 1. The number of amides is 1. The molecule has 7 heteroatoms. The van der Waals surface area contributed by atoms with Crippen LogP contribution in [-0.4, -0.2) is 25.8 Å². The van der Waals surface area contributed by atoms with Gasteiger partial charge in [0.05, 0.1) is 0 Å². The lowest BCUT2D eigenvalue weighted by Gasteiger charge is -1.99. The quantitative estimate of drug-likeness (QED) is 0.931. The summed E-state index contributed by atoms with van der Waals surface area (Å²) in [5.41, 5.74) is 5.72. The number of hydrogen-bond acceptors (Lipinski definition) is 5. The molecule has 6 nitrogen and oxygen atoms in total. The number of pyridine rings is 1. The molecule has 0 saturated heterocycles. The van der Waals surface area contributed by atoms with Crippen molar-refractivity contribution >= 4 is 15.9 Å². The summed E-state index contributed by atoms with van der Waals surface area (Å²) >= 11 is 0. The second kappa shape index (κ2) is 8.01. The van der Waals surface area contributed by atoms with E-state index < -0.39 is 15.9 Å². The van der Waals surface area contributed by atoms with Gasteiger partial charge in [0, 0.05) is 12.5 Å². The number of carbonyl (C=O) groups is 1. The van der Waals surface area contributed by atoms with E-state index in [2.05, 4.69) is 9.72 Å². The highest BCUT2D eigenvalue weighted by molar-refractivity contribution is 7.90. The Bertz CT molecular complexity index is 658. The second-order valence-corrected chi connectivity index (χ2v) is 6.00. The third-order valence-electron chi connectivity index (χ3n) is 2.24. The first-order chi connectivity index (χ1) is 9.89. The minimum absolute atomic E-state index is 0.120. The number of rotatable bonds is 3. The van der Waals surface area contributed by atoms with Gasteiger partial charge in [0.1, 0.15) is 6.61 Å². The van der Waals surface area contributed by atoms with Crippen LogP contribution < -0.4 is 5.73 Å². The Labute approximate surface area is 123 Å². The fourth-order valence-electron chi connectivity index (χ4n) is 1.30. The van der Waals surface area contributed by atoms with Crippen molar-refractivity contribution in [2.75, 3.05) is 6.26 Å². The smallest absolute Gasteiger partial charge is 0.404 e. The predicted octanol–water partition coefficient (Wildman–Crippen LogP) is 1.77. The number of carbonyl (C=O) groups excluding carboxylic acids is 1. The lowest BCUT2D eigenvalue weighted by atomic mass is 10.2. The van der Waals surface area contributed by atoms with E-state index in [1.165, 1.54) is 12.3 Å². The summed E-state index contributed by atoms with van der Waals surface area (Å²) in [4.78, 5) is 13.8. The molecule has 0 radical (unpaired) electrons. The van der Waals surface area contributed by atoms with Crippen LogP contribution in [0.5, 0.6) is 0 Å². The number of nitrogens with zero attached hydrogens (tertiary/aromatic N) is 1. The minimum atomic E-state index is -3.11. The molecule has 1 heterocycles. The van der Waals surface area contributed by atoms with Crippen molar-refractivity contribution in [3.05, 3.63) is 60.3 Å². The Kier molecular flexibility index (Phi) is 6.35. The van der Waals surface area contributed by atoms with Crippen LogP contribution >= 0.6 is 0 Å². The normalized spacial score (nSPS) is 10.1. The Morgan fingerprint density at radius 1 is 1.14 bits per heavy atom. The van der Waals surface area contributed by atoms with Gasteiger partial charge in [0.15, 0.2) is 14.9 Å². The molecule has 2 N–H and O–H groups in total. The maximum Gasteiger partial charge on any atom is 0.404 e. The van der Waals surface area contributed by atoms with Crippen LogP contribution in [0, 0.1) is 0 Å². The van der Waals surface area contributed by atoms with Crippen molar-refractivity contribution in [2.45, 2.75) is 11.6 Å². The molecule has 0 bridgehead atoms. The molecular formula is C14H16N2O4S. The van der Waals surface area contributed by atoms with Gasteiger partial charge in [-0.15, -0.1) is 0 Å². The van der Waals surface area contributed by atoms with E-state index in [0.717, 1.165) is 11.8 Å². The molecule has 0 spiro atoms. The molecule has 2 aromatic rings. The molecule has 0 aliphatic rings. The standard InChI is InChI=1S/C8H9NO2.C6H7NO2S/c9-8(10)11-6-7-4-2-1-3-5-7;1-10(8,9)6-4-2-3-5-7-6/h1-5H,6H2,(H2,9,10);2-5H,1H3. The molecule has 1 aromatic carbocycles. The highest BCUT2D eigenvalue weighted by Gasteiger charge is 2.05. The van der Waals surface area contributed by atoms with Gasteiger partial charge in [-0.3, -0.25) is 0 Å². The van der Waals surface area contributed by atoms with Gasteiger partial charge in [-0.1, -0.05) is 36.4 Å². The summed E-state index contributed by atoms with van der Waals surface area (Å²) in [6, 6.07) is 14.2. The molecule has 1 amide bonds. The first-order valence-electron chi connectivity index (χ1n) is 5.97. The van der Waals surface area contributed by atoms with Crippen LogP contribution in [0.3, 0.4) is 0 Å². The Balaban J connectivity index is 0.000000211. The van der Waals surface area contributed by atoms with Gasteiger partial charge >= 0.3 is 6.09 Å². The van der Waals surface area contributed by atoms with E-state index in [0.29, 0.717) is 0 Å². The second-order valence-electron chi connectivity index (χ2n) is 4.03. The van der Waals surface area contributed by atoms with E-state index in [9.17, 15) is 13.2 Å². The molecule has 1 aromatic heterocycles. The third kappa shape index (κ3) is 7.07. The van der Waals surface area contributed by atoms with Crippen molar-refractivity contribution in [3.63, 3.8) is 0 Å². The summed E-state index contributed by atoms with van der Waals surface area (Å²) in [5, 5.41) is 0.120. The Morgan fingerprint density at radius 2 is 1.76 bits per heavy atom. The van der Waals surface area contributed by atoms with Crippen LogP contribution in [-0.2, 0) is 21.2 Å². The number of hydrogen-bond donors (Lipinski definition) is 1.